The van der Waals surface area contributed by atoms with Gasteiger partial charge in [-0.05, 0) is 24.8 Å². The lowest BCUT2D eigenvalue weighted by atomic mass is 10.0. The van der Waals surface area contributed by atoms with Crippen molar-refractivity contribution in [2.75, 3.05) is 23.7 Å². The van der Waals surface area contributed by atoms with Gasteiger partial charge in [-0.15, -0.1) is 0 Å². The second-order valence-corrected chi connectivity index (χ2v) is 4.93. The molecule has 0 radical (unpaired) electrons. The van der Waals surface area contributed by atoms with Gasteiger partial charge in [0.05, 0.1) is 4.92 Å². The highest BCUT2D eigenvalue weighted by Gasteiger charge is 2.23. The Labute approximate surface area is 107 Å². The first-order valence-electron chi connectivity index (χ1n) is 6.40. The quantitative estimate of drug-likeness (QED) is 0.506. The Hall–Kier alpha value is -1.78. The summed E-state index contributed by atoms with van der Waals surface area (Å²) in [6.45, 7) is 4.13. The first-order chi connectivity index (χ1) is 8.60. The van der Waals surface area contributed by atoms with E-state index in [0.29, 0.717) is 11.6 Å². The number of nitrogen functional groups attached to an aromatic ring is 1. The number of rotatable bonds is 4. The monoisotopic (exact) mass is 249 g/mol. The summed E-state index contributed by atoms with van der Waals surface area (Å²) in [6, 6.07) is 4.84. The van der Waals surface area contributed by atoms with E-state index in [1.54, 1.807) is 6.07 Å². The van der Waals surface area contributed by atoms with E-state index in [0.717, 1.165) is 25.2 Å². The molecule has 1 aromatic rings. The molecule has 5 nitrogen and oxygen atoms in total. The van der Waals surface area contributed by atoms with E-state index in [4.69, 9.17) is 5.73 Å². The summed E-state index contributed by atoms with van der Waals surface area (Å²) in [6.07, 6.45) is 3.58. The smallest absolute Gasteiger partial charge is 0.273 e. The van der Waals surface area contributed by atoms with E-state index >= 15 is 0 Å². The van der Waals surface area contributed by atoms with Crippen LogP contribution >= 0.6 is 0 Å². The maximum atomic E-state index is 10.8. The van der Waals surface area contributed by atoms with Crippen LogP contribution in [0, 0.1) is 16.0 Å². The molecule has 98 valence electrons. The molecule has 0 amide bonds. The molecule has 5 heteroatoms. The fourth-order valence-corrected chi connectivity index (χ4v) is 2.62. The predicted molar refractivity (Wildman–Crippen MR) is 72.7 cm³/mol. The fourth-order valence-electron chi connectivity index (χ4n) is 2.62. The molecular weight excluding hydrogens is 230 g/mol. The highest BCUT2D eigenvalue weighted by molar-refractivity contribution is 5.63. The van der Waals surface area contributed by atoms with E-state index in [1.165, 1.54) is 18.9 Å². The number of nitro groups is 1. The van der Waals surface area contributed by atoms with Crippen LogP contribution in [0.25, 0.3) is 0 Å². The highest BCUT2D eigenvalue weighted by Crippen LogP contribution is 2.30. The van der Waals surface area contributed by atoms with Crippen LogP contribution in [0.5, 0.6) is 0 Å². The molecule has 1 aliphatic heterocycles. The minimum atomic E-state index is -0.389. The summed E-state index contributed by atoms with van der Waals surface area (Å²) in [4.78, 5) is 12.6. The van der Waals surface area contributed by atoms with Crippen LogP contribution in [0.2, 0.25) is 0 Å². The summed E-state index contributed by atoms with van der Waals surface area (Å²) in [7, 11) is 0. The predicted octanol–water partition coefficient (Wildman–Crippen LogP) is 2.80. The van der Waals surface area contributed by atoms with Crippen molar-refractivity contribution in [3.8, 4) is 0 Å². The molecule has 1 atom stereocenters. The summed E-state index contributed by atoms with van der Waals surface area (Å²) in [5.74, 6) is 0.704. The van der Waals surface area contributed by atoms with Gasteiger partial charge >= 0.3 is 0 Å². The van der Waals surface area contributed by atoms with Crippen molar-refractivity contribution in [2.45, 2.75) is 26.2 Å². The number of hydrogen-bond acceptors (Lipinski definition) is 4. The third-order valence-electron chi connectivity index (χ3n) is 3.48. The Kier molecular flexibility index (Phi) is 3.69. The topological polar surface area (TPSA) is 72.4 Å². The van der Waals surface area contributed by atoms with Gasteiger partial charge in [0.25, 0.3) is 5.69 Å². The Morgan fingerprint density at radius 1 is 1.50 bits per heavy atom. The van der Waals surface area contributed by atoms with Gasteiger partial charge in [0, 0.05) is 36.6 Å². The zero-order chi connectivity index (χ0) is 13.1. The van der Waals surface area contributed by atoms with Crippen molar-refractivity contribution in [3.63, 3.8) is 0 Å². The average molecular weight is 249 g/mol. The van der Waals surface area contributed by atoms with Crippen LogP contribution in [-0.2, 0) is 0 Å². The minimum Gasteiger partial charge on any atom is -0.398 e. The molecule has 18 heavy (non-hydrogen) atoms. The maximum absolute atomic E-state index is 10.8. The molecule has 0 spiro atoms. The van der Waals surface area contributed by atoms with Crippen molar-refractivity contribution in [1.29, 1.82) is 0 Å². The van der Waals surface area contributed by atoms with Crippen molar-refractivity contribution in [3.05, 3.63) is 28.3 Å². The lowest BCUT2D eigenvalue weighted by Gasteiger charge is -2.19. The fraction of sp³-hybridized carbons (Fsp3) is 0.538. The molecule has 2 N–H and O–H groups in total. The number of nitrogens with zero attached hydrogens (tertiary/aromatic N) is 2. The number of non-ortho nitro benzene ring substituents is 1. The molecule has 1 saturated heterocycles. The molecular formula is C13H19N3O2. The molecule has 0 aliphatic carbocycles. The Morgan fingerprint density at radius 3 is 2.94 bits per heavy atom. The van der Waals surface area contributed by atoms with Crippen molar-refractivity contribution in [1.82, 2.24) is 0 Å². The third kappa shape index (κ3) is 2.72. The van der Waals surface area contributed by atoms with Crippen molar-refractivity contribution >= 4 is 17.1 Å². The molecule has 1 heterocycles. The molecule has 1 fully saturated rings. The zero-order valence-corrected chi connectivity index (χ0v) is 10.6. The van der Waals surface area contributed by atoms with E-state index < -0.39 is 0 Å². The van der Waals surface area contributed by atoms with E-state index in [2.05, 4.69) is 11.8 Å². The van der Waals surface area contributed by atoms with E-state index in [1.807, 2.05) is 6.07 Å². The maximum Gasteiger partial charge on any atom is 0.273 e. The van der Waals surface area contributed by atoms with Gasteiger partial charge in [-0.2, -0.15) is 0 Å². The number of benzene rings is 1. The largest absolute Gasteiger partial charge is 0.398 e. The van der Waals surface area contributed by atoms with Gasteiger partial charge in [-0.3, -0.25) is 10.1 Å². The van der Waals surface area contributed by atoms with Crippen LogP contribution in [0.1, 0.15) is 26.2 Å². The number of nitrogens with two attached hydrogens (primary N) is 1. The lowest BCUT2D eigenvalue weighted by Crippen LogP contribution is -2.19. The average Bonchev–Trinajstić information content (AvgIpc) is 2.77. The lowest BCUT2D eigenvalue weighted by molar-refractivity contribution is -0.384. The molecule has 2 rings (SSSR count). The molecule has 1 aromatic carbocycles. The van der Waals surface area contributed by atoms with Gasteiger partial charge in [0.15, 0.2) is 0 Å². The van der Waals surface area contributed by atoms with Crippen molar-refractivity contribution in [2.24, 2.45) is 5.92 Å². The second kappa shape index (κ2) is 5.25. The molecule has 0 aromatic heterocycles. The standard InChI is InChI=1S/C13H19N3O2/c1-2-3-10-4-5-15(9-10)12-6-11(14)7-13(8-12)16(17)18/h6-8,10H,2-5,9,14H2,1H3. The van der Waals surface area contributed by atoms with Gasteiger partial charge < -0.3 is 10.6 Å². The van der Waals surface area contributed by atoms with Crippen LogP contribution < -0.4 is 10.6 Å². The summed E-state index contributed by atoms with van der Waals surface area (Å²) in [5.41, 5.74) is 7.13. The normalized spacial score (nSPS) is 19.2. The van der Waals surface area contributed by atoms with Gasteiger partial charge in [-0.25, -0.2) is 0 Å². The highest BCUT2D eigenvalue weighted by atomic mass is 16.6. The SMILES string of the molecule is CCCC1CCN(c2cc(N)cc([N+](=O)[O-])c2)C1. The molecule has 0 saturated carbocycles. The molecule has 0 bridgehead atoms. The minimum absolute atomic E-state index is 0.0731. The van der Waals surface area contributed by atoms with Gasteiger partial charge in [0.2, 0.25) is 0 Å². The van der Waals surface area contributed by atoms with E-state index in [9.17, 15) is 10.1 Å². The van der Waals surface area contributed by atoms with Gasteiger partial charge in [0.1, 0.15) is 0 Å². The van der Waals surface area contributed by atoms with Crippen LogP contribution in [-0.4, -0.2) is 18.0 Å². The second-order valence-electron chi connectivity index (χ2n) is 4.93. The first kappa shape index (κ1) is 12.7. The number of anilines is 2. The Bertz CT molecular complexity index is 448. The van der Waals surface area contributed by atoms with Crippen LogP contribution in [0.3, 0.4) is 0 Å². The zero-order valence-electron chi connectivity index (χ0n) is 10.6. The molecule has 1 unspecified atom stereocenters. The number of nitro benzene ring substituents is 1. The number of hydrogen-bond donors (Lipinski definition) is 1. The van der Waals surface area contributed by atoms with Crippen LogP contribution in [0.4, 0.5) is 17.1 Å². The van der Waals surface area contributed by atoms with E-state index in [-0.39, 0.29) is 10.6 Å². The summed E-state index contributed by atoms with van der Waals surface area (Å²) >= 11 is 0. The van der Waals surface area contributed by atoms with Crippen LogP contribution in [0.15, 0.2) is 18.2 Å². The summed E-state index contributed by atoms with van der Waals surface area (Å²) in [5, 5.41) is 10.8. The Morgan fingerprint density at radius 2 is 2.28 bits per heavy atom. The third-order valence-corrected chi connectivity index (χ3v) is 3.48. The van der Waals surface area contributed by atoms with Gasteiger partial charge in [-0.1, -0.05) is 13.3 Å². The molecule has 1 aliphatic rings. The Balaban J connectivity index is 2.16. The first-order valence-corrected chi connectivity index (χ1v) is 6.40. The summed E-state index contributed by atoms with van der Waals surface area (Å²) < 4.78 is 0. The van der Waals surface area contributed by atoms with Crippen molar-refractivity contribution < 1.29 is 4.92 Å².